The average molecular weight is 271 g/mol. The normalized spacial score (nSPS) is 15.8. The van der Waals surface area contributed by atoms with Crippen molar-refractivity contribution >= 4 is 11.6 Å². The molecule has 0 radical (unpaired) electrons. The van der Waals surface area contributed by atoms with E-state index in [0.717, 1.165) is 11.3 Å². The van der Waals surface area contributed by atoms with E-state index in [9.17, 15) is 0 Å². The Hall–Kier alpha value is -0.970. The fourth-order valence-electron chi connectivity index (χ4n) is 2.19. The molecule has 0 amide bonds. The van der Waals surface area contributed by atoms with Gasteiger partial charge in [-0.05, 0) is 36.6 Å². The van der Waals surface area contributed by atoms with Crippen molar-refractivity contribution in [3.63, 3.8) is 0 Å². The molecule has 0 fully saturated rings. The lowest BCUT2D eigenvalue weighted by Gasteiger charge is -2.25. The van der Waals surface area contributed by atoms with Crippen molar-refractivity contribution in [2.75, 3.05) is 26.3 Å². The molecule has 1 aliphatic rings. The third-order valence-electron chi connectivity index (χ3n) is 3.46. The van der Waals surface area contributed by atoms with Gasteiger partial charge in [0.2, 0.25) is 0 Å². The number of benzene rings is 1. The lowest BCUT2D eigenvalue weighted by atomic mass is 9.87. The summed E-state index contributed by atoms with van der Waals surface area (Å²) in [4.78, 5) is 0. The fraction of sp³-hybridized carbons (Fsp3) is 0.538. The minimum Gasteiger partial charge on any atom is -0.486 e. The molecule has 1 unspecified atom stereocenters. The molecule has 4 N–H and O–H groups in total. The summed E-state index contributed by atoms with van der Waals surface area (Å²) in [5.41, 5.74) is 12.5. The minimum atomic E-state index is 0.198. The summed E-state index contributed by atoms with van der Waals surface area (Å²) >= 11 is 6.30. The van der Waals surface area contributed by atoms with Crippen LogP contribution in [0.15, 0.2) is 12.1 Å². The second-order valence-electron chi connectivity index (χ2n) is 4.54. The first-order chi connectivity index (χ1) is 8.67. The van der Waals surface area contributed by atoms with E-state index in [1.54, 1.807) is 0 Å². The highest BCUT2D eigenvalue weighted by atomic mass is 35.5. The largest absolute Gasteiger partial charge is 0.486 e. The molecule has 0 aromatic heterocycles. The van der Waals surface area contributed by atoms with E-state index in [2.05, 4.69) is 6.92 Å². The molecule has 0 aliphatic carbocycles. The maximum absolute atomic E-state index is 6.30. The number of fused-ring (bicyclic) bond motifs is 1. The third-order valence-corrected chi connectivity index (χ3v) is 3.79. The van der Waals surface area contributed by atoms with Gasteiger partial charge in [-0.3, -0.25) is 0 Å². The first-order valence-corrected chi connectivity index (χ1v) is 6.54. The van der Waals surface area contributed by atoms with E-state index < -0.39 is 0 Å². The van der Waals surface area contributed by atoms with Crippen LogP contribution in [-0.2, 0) is 0 Å². The summed E-state index contributed by atoms with van der Waals surface area (Å²) in [6, 6.07) is 3.76. The van der Waals surface area contributed by atoms with E-state index in [0.29, 0.717) is 37.1 Å². The summed E-state index contributed by atoms with van der Waals surface area (Å²) < 4.78 is 11.1. The summed E-state index contributed by atoms with van der Waals surface area (Å²) in [5.74, 6) is 1.87. The molecule has 2 rings (SSSR count). The van der Waals surface area contributed by atoms with Gasteiger partial charge in [0, 0.05) is 11.1 Å². The van der Waals surface area contributed by atoms with Crippen LogP contribution >= 0.6 is 11.6 Å². The molecule has 1 atom stereocenters. The Labute approximate surface area is 112 Å². The molecule has 1 aromatic rings. The molecule has 0 bridgehead atoms. The Morgan fingerprint density at radius 3 is 2.28 bits per heavy atom. The molecule has 18 heavy (non-hydrogen) atoms. The number of hydrogen-bond acceptors (Lipinski definition) is 4. The van der Waals surface area contributed by atoms with Crippen LogP contribution in [0.2, 0.25) is 5.02 Å². The van der Waals surface area contributed by atoms with Crippen molar-refractivity contribution in [2.24, 2.45) is 17.4 Å². The second-order valence-corrected chi connectivity index (χ2v) is 4.94. The zero-order valence-corrected chi connectivity index (χ0v) is 11.2. The molecule has 0 spiro atoms. The Balaban J connectivity index is 2.32. The van der Waals surface area contributed by atoms with Gasteiger partial charge in [-0.25, -0.2) is 0 Å². The average Bonchev–Trinajstić information content (AvgIpc) is 2.39. The van der Waals surface area contributed by atoms with Gasteiger partial charge in [0.25, 0.3) is 0 Å². The molecule has 1 aromatic carbocycles. The molecule has 0 saturated carbocycles. The van der Waals surface area contributed by atoms with Crippen LogP contribution in [-0.4, -0.2) is 26.3 Å². The van der Waals surface area contributed by atoms with Crippen LogP contribution in [0.5, 0.6) is 11.5 Å². The highest BCUT2D eigenvalue weighted by Crippen LogP contribution is 2.39. The molecule has 1 heterocycles. The zero-order valence-electron chi connectivity index (χ0n) is 10.5. The maximum Gasteiger partial charge on any atom is 0.162 e. The fourth-order valence-corrected chi connectivity index (χ4v) is 2.51. The van der Waals surface area contributed by atoms with Crippen molar-refractivity contribution in [2.45, 2.75) is 12.8 Å². The minimum absolute atomic E-state index is 0.198. The summed E-state index contributed by atoms with van der Waals surface area (Å²) in [6.45, 7) is 4.30. The predicted octanol–water partition coefficient (Wildman–Crippen LogP) is 1.75. The summed E-state index contributed by atoms with van der Waals surface area (Å²) in [7, 11) is 0. The van der Waals surface area contributed by atoms with Crippen molar-refractivity contribution in [1.29, 1.82) is 0 Å². The van der Waals surface area contributed by atoms with Crippen LogP contribution in [0.25, 0.3) is 0 Å². The van der Waals surface area contributed by atoms with Crippen molar-refractivity contribution in [1.82, 2.24) is 0 Å². The van der Waals surface area contributed by atoms with Crippen LogP contribution < -0.4 is 20.9 Å². The van der Waals surface area contributed by atoms with E-state index in [1.807, 2.05) is 12.1 Å². The number of nitrogens with two attached hydrogens (primary N) is 2. The van der Waals surface area contributed by atoms with Gasteiger partial charge < -0.3 is 20.9 Å². The highest BCUT2D eigenvalue weighted by molar-refractivity contribution is 6.31. The molecule has 1 aliphatic heterocycles. The van der Waals surface area contributed by atoms with Gasteiger partial charge in [0.05, 0.1) is 0 Å². The van der Waals surface area contributed by atoms with E-state index in [-0.39, 0.29) is 11.8 Å². The number of ether oxygens (including phenoxy) is 2. The van der Waals surface area contributed by atoms with Crippen molar-refractivity contribution in [3.8, 4) is 11.5 Å². The Morgan fingerprint density at radius 2 is 1.72 bits per heavy atom. The Morgan fingerprint density at radius 1 is 1.17 bits per heavy atom. The van der Waals surface area contributed by atoms with Gasteiger partial charge in [0.1, 0.15) is 13.2 Å². The Bertz CT molecular complexity index is 422. The number of rotatable bonds is 4. The van der Waals surface area contributed by atoms with Crippen molar-refractivity contribution in [3.05, 3.63) is 22.7 Å². The van der Waals surface area contributed by atoms with E-state index in [1.165, 1.54) is 0 Å². The van der Waals surface area contributed by atoms with Gasteiger partial charge in [-0.2, -0.15) is 0 Å². The standard InChI is InChI=1S/C13H19ClN2O2/c1-8(9(6-15)7-16)10-4-12-13(5-11(10)14)18-3-2-17-12/h4-5,8-9H,2-3,6-7,15-16H2,1H3. The molecular formula is C13H19ClN2O2. The lowest BCUT2D eigenvalue weighted by Crippen LogP contribution is -2.28. The van der Waals surface area contributed by atoms with Crippen LogP contribution in [0.1, 0.15) is 18.4 Å². The van der Waals surface area contributed by atoms with Crippen LogP contribution in [0.3, 0.4) is 0 Å². The first kappa shape index (κ1) is 13.5. The highest BCUT2D eigenvalue weighted by Gasteiger charge is 2.22. The van der Waals surface area contributed by atoms with Crippen LogP contribution in [0.4, 0.5) is 0 Å². The van der Waals surface area contributed by atoms with Gasteiger partial charge >= 0.3 is 0 Å². The summed E-state index contributed by atoms with van der Waals surface area (Å²) in [5, 5.41) is 0.679. The molecular weight excluding hydrogens is 252 g/mol. The van der Waals surface area contributed by atoms with E-state index >= 15 is 0 Å². The quantitative estimate of drug-likeness (QED) is 0.874. The SMILES string of the molecule is CC(c1cc2c(cc1Cl)OCCO2)C(CN)CN. The van der Waals surface area contributed by atoms with Crippen molar-refractivity contribution < 1.29 is 9.47 Å². The molecule has 5 heteroatoms. The molecule has 4 nitrogen and oxygen atoms in total. The monoisotopic (exact) mass is 270 g/mol. The maximum atomic E-state index is 6.30. The van der Waals surface area contributed by atoms with Gasteiger partial charge in [-0.15, -0.1) is 0 Å². The lowest BCUT2D eigenvalue weighted by molar-refractivity contribution is 0.171. The second kappa shape index (κ2) is 5.78. The number of hydrogen-bond donors (Lipinski definition) is 2. The van der Waals surface area contributed by atoms with Gasteiger partial charge in [-0.1, -0.05) is 18.5 Å². The topological polar surface area (TPSA) is 70.5 Å². The van der Waals surface area contributed by atoms with Gasteiger partial charge in [0.15, 0.2) is 11.5 Å². The summed E-state index contributed by atoms with van der Waals surface area (Å²) in [6.07, 6.45) is 0. The van der Waals surface area contributed by atoms with Crippen LogP contribution in [0, 0.1) is 5.92 Å². The smallest absolute Gasteiger partial charge is 0.162 e. The number of halogens is 1. The molecule has 100 valence electrons. The van der Waals surface area contributed by atoms with E-state index in [4.69, 9.17) is 32.5 Å². The Kier molecular flexibility index (Phi) is 4.32. The first-order valence-electron chi connectivity index (χ1n) is 6.16. The predicted molar refractivity (Wildman–Crippen MR) is 72.5 cm³/mol. The zero-order chi connectivity index (χ0) is 13.1. The third kappa shape index (κ3) is 2.55. The molecule has 0 saturated heterocycles.